The molecule has 4 fully saturated rings. The van der Waals surface area contributed by atoms with Gasteiger partial charge in [0.1, 0.15) is 13.1 Å². The first-order valence-corrected chi connectivity index (χ1v) is 9.63. The molecule has 8 nitrogen and oxygen atoms in total. The zero-order chi connectivity index (χ0) is 18.3. The van der Waals surface area contributed by atoms with Crippen LogP contribution in [0.15, 0.2) is 0 Å². The lowest BCUT2D eigenvalue weighted by molar-refractivity contribution is -0.147. The molecule has 0 aromatic heterocycles. The summed E-state index contributed by atoms with van der Waals surface area (Å²) in [5.41, 5.74) is -0.444. The van der Waals surface area contributed by atoms with Crippen LogP contribution >= 0.6 is 0 Å². The van der Waals surface area contributed by atoms with E-state index in [1.165, 1.54) is 24.2 Å². The highest BCUT2D eigenvalue weighted by Gasteiger charge is 2.50. The van der Waals surface area contributed by atoms with Crippen LogP contribution in [0.1, 0.15) is 38.5 Å². The first-order valence-electron chi connectivity index (χ1n) is 9.63. The van der Waals surface area contributed by atoms with Gasteiger partial charge in [-0.15, -0.1) is 0 Å². The fourth-order valence-corrected chi connectivity index (χ4v) is 4.65. The Labute approximate surface area is 152 Å². The molecule has 3 aliphatic heterocycles. The molecule has 26 heavy (non-hydrogen) atoms. The van der Waals surface area contributed by atoms with Crippen LogP contribution in [0.5, 0.6) is 0 Å². The van der Waals surface area contributed by atoms with E-state index >= 15 is 0 Å². The summed E-state index contributed by atoms with van der Waals surface area (Å²) in [6, 6.07) is -0.516. The number of imide groups is 1. The summed E-state index contributed by atoms with van der Waals surface area (Å²) in [4.78, 5) is 53.5. The summed E-state index contributed by atoms with van der Waals surface area (Å²) < 4.78 is 0. The van der Waals surface area contributed by atoms with Gasteiger partial charge in [-0.25, -0.2) is 4.79 Å². The molecule has 0 aromatic rings. The predicted molar refractivity (Wildman–Crippen MR) is 91.9 cm³/mol. The third kappa shape index (κ3) is 3.05. The lowest BCUT2D eigenvalue weighted by Crippen LogP contribution is -2.52. The average molecular weight is 362 g/mol. The second kappa shape index (κ2) is 6.55. The lowest BCUT2D eigenvalue weighted by atomic mass is 9.77. The molecule has 0 unspecified atom stereocenters. The van der Waals surface area contributed by atoms with Crippen molar-refractivity contribution < 1.29 is 19.2 Å². The van der Waals surface area contributed by atoms with Crippen molar-refractivity contribution in [3.8, 4) is 0 Å². The van der Waals surface area contributed by atoms with Crippen LogP contribution in [-0.4, -0.2) is 77.7 Å². The van der Waals surface area contributed by atoms with Crippen molar-refractivity contribution in [2.24, 2.45) is 11.3 Å². The molecule has 1 N–H and O–H groups in total. The first kappa shape index (κ1) is 17.3. The van der Waals surface area contributed by atoms with E-state index in [0.29, 0.717) is 25.4 Å². The van der Waals surface area contributed by atoms with Crippen molar-refractivity contribution in [2.75, 3.05) is 39.3 Å². The third-order valence-electron chi connectivity index (χ3n) is 6.43. The normalized spacial score (nSPS) is 29.5. The molecular formula is C18H26N4O4. The summed E-state index contributed by atoms with van der Waals surface area (Å²) in [5, 5.41) is 2.18. The molecule has 4 aliphatic rings. The quantitative estimate of drug-likeness (QED) is 0.723. The number of hydrogen-bond donors (Lipinski definition) is 1. The minimum atomic E-state index is -0.516. The molecule has 1 saturated carbocycles. The highest BCUT2D eigenvalue weighted by molar-refractivity contribution is 6.03. The molecule has 0 bridgehead atoms. The minimum Gasteiger partial charge on any atom is -0.342 e. The van der Waals surface area contributed by atoms with Crippen LogP contribution in [0.2, 0.25) is 0 Å². The van der Waals surface area contributed by atoms with E-state index in [0.717, 1.165) is 25.9 Å². The molecular weight excluding hydrogens is 336 g/mol. The van der Waals surface area contributed by atoms with Crippen molar-refractivity contribution in [3.63, 3.8) is 0 Å². The molecule has 8 heteroatoms. The minimum absolute atomic E-state index is 0.0718. The summed E-state index contributed by atoms with van der Waals surface area (Å²) >= 11 is 0. The third-order valence-corrected chi connectivity index (χ3v) is 6.43. The average Bonchev–Trinajstić information content (AvgIpc) is 3.12. The highest BCUT2D eigenvalue weighted by Crippen LogP contribution is 2.41. The van der Waals surface area contributed by atoms with Gasteiger partial charge >= 0.3 is 6.03 Å². The number of hydrogen-bond acceptors (Lipinski definition) is 4. The number of rotatable bonds is 4. The maximum absolute atomic E-state index is 13.1. The van der Waals surface area contributed by atoms with E-state index in [1.807, 2.05) is 4.90 Å². The van der Waals surface area contributed by atoms with E-state index in [9.17, 15) is 19.2 Å². The monoisotopic (exact) mass is 362 g/mol. The zero-order valence-electron chi connectivity index (χ0n) is 15.0. The SMILES string of the molecule is O=C1CN(CC(=O)N2CC[C@@]3(CCCN(CC4CCC4)C3=O)C2)C(=O)N1. The Balaban J connectivity index is 1.37. The molecule has 4 rings (SSSR count). The smallest absolute Gasteiger partial charge is 0.325 e. The topological polar surface area (TPSA) is 90.0 Å². The van der Waals surface area contributed by atoms with Gasteiger partial charge in [-0.2, -0.15) is 0 Å². The Bertz CT molecular complexity index is 647. The number of carbonyl (C=O) groups excluding carboxylic acids is 4. The van der Waals surface area contributed by atoms with Crippen molar-refractivity contribution in [2.45, 2.75) is 38.5 Å². The van der Waals surface area contributed by atoms with Gasteiger partial charge in [-0.3, -0.25) is 19.7 Å². The molecule has 0 aromatic carbocycles. The maximum Gasteiger partial charge on any atom is 0.325 e. The van der Waals surface area contributed by atoms with Gasteiger partial charge in [-0.05, 0) is 38.0 Å². The molecule has 1 atom stereocenters. The summed E-state index contributed by atoms with van der Waals surface area (Å²) in [7, 11) is 0. The van der Waals surface area contributed by atoms with Crippen LogP contribution in [0.4, 0.5) is 4.79 Å². The van der Waals surface area contributed by atoms with Crippen molar-refractivity contribution >= 4 is 23.8 Å². The fourth-order valence-electron chi connectivity index (χ4n) is 4.65. The van der Waals surface area contributed by atoms with Crippen LogP contribution in [0, 0.1) is 11.3 Å². The largest absolute Gasteiger partial charge is 0.342 e. The Hall–Kier alpha value is -2.12. The molecule has 142 valence electrons. The molecule has 5 amide bonds. The van der Waals surface area contributed by atoms with Crippen molar-refractivity contribution in [1.82, 2.24) is 20.0 Å². The van der Waals surface area contributed by atoms with E-state index in [4.69, 9.17) is 0 Å². The Morgan fingerprint density at radius 1 is 1.08 bits per heavy atom. The second-order valence-electron chi connectivity index (χ2n) is 8.21. The van der Waals surface area contributed by atoms with Crippen molar-refractivity contribution in [3.05, 3.63) is 0 Å². The van der Waals surface area contributed by atoms with E-state index in [1.54, 1.807) is 4.90 Å². The maximum atomic E-state index is 13.1. The van der Waals surface area contributed by atoms with E-state index in [-0.39, 0.29) is 30.8 Å². The van der Waals surface area contributed by atoms with Crippen LogP contribution < -0.4 is 5.32 Å². The Kier molecular flexibility index (Phi) is 4.36. The van der Waals surface area contributed by atoms with E-state index < -0.39 is 11.4 Å². The molecule has 3 saturated heterocycles. The fraction of sp³-hybridized carbons (Fsp3) is 0.778. The molecule has 1 spiro atoms. The van der Waals surface area contributed by atoms with E-state index in [2.05, 4.69) is 5.32 Å². The molecule has 3 heterocycles. The summed E-state index contributed by atoms with van der Waals surface area (Å²) in [6.45, 7) is 2.51. The Morgan fingerprint density at radius 2 is 1.88 bits per heavy atom. The van der Waals surface area contributed by atoms with Crippen LogP contribution in [0.25, 0.3) is 0 Å². The van der Waals surface area contributed by atoms with Gasteiger partial charge in [0.25, 0.3) is 0 Å². The Morgan fingerprint density at radius 3 is 2.54 bits per heavy atom. The number of urea groups is 1. The highest BCUT2D eigenvalue weighted by atomic mass is 16.2. The van der Waals surface area contributed by atoms with Gasteiger partial charge in [0, 0.05) is 26.2 Å². The molecule has 0 radical (unpaired) electrons. The van der Waals surface area contributed by atoms with Gasteiger partial charge in [0.2, 0.25) is 17.7 Å². The van der Waals surface area contributed by atoms with Crippen LogP contribution in [0.3, 0.4) is 0 Å². The summed E-state index contributed by atoms with van der Waals surface area (Å²) in [6.07, 6.45) is 6.23. The number of piperidine rings is 1. The van der Waals surface area contributed by atoms with Gasteiger partial charge in [-0.1, -0.05) is 6.42 Å². The zero-order valence-corrected chi connectivity index (χ0v) is 15.0. The number of likely N-dealkylation sites (tertiary alicyclic amines) is 2. The summed E-state index contributed by atoms with van der Waals surface area (Å²) in [5.74, 6) is 0.296. The second-order valence-corrected chi connectivity index (χ2v) is 8.21. The number of nitrogens with zero attached hydrogens (tertiary/aromatic N) is 3. The number of carbonyl (C=O) groups is 4. The van der Waals surface area contributed by atoms with Gasteiger partial charge in [0.15, 0.2) is 0 Å². The molecule has 1 aliphatic carbocycles. The van der Waals surface area contributed by atoms with Crippen molar-refractivity contribution in [1.29, 1.82) is 0 Å². The number of nitrogens with one attached hydrogen (secondary N) is 1. The number of amides is 5. The lowest BCUT2D eigenvalue weighted by Gasteiger charge is -2.42. The first-order chi connectivity index (χ1) is 12.5. The van der Waals surface area contributed by atoms with Gasteiger partial charge < -0.3 is 14.7 Å². The van der Waals surface area contributed by atoms with Gasteiger partial charge in [0.05, 0.1) is 5.41 Å². The standard InChI is InChI=1S/C18H26N4O4/c23-14-10-22(17(26)19-14)11-15(24)21-8-6-18(12-21)5-2-7-20(16(18)25)9-13-3-1-4-13/h13H,1-12H2,(H,19,23,26)/t18-/m0/s1. The van der Waals surface area contributed by atoms with Crippen LogP contribution in [-0.2, 0) is 14.4 Å². The predicted octanol–water partition coefficient (Wildman–Crippen LogP) is 0.179.